The summed E-state index contributed by atoms with van der Waals surface area (Å²) in [6.07, 6.45) is 3.21. The van der Waals surface area contributed by atoms with Crippen molar-refractivity contribution in [3.8, 4) is 0 Å². The molecule has 12 heavy (non-hydrogen) atoms. The molecule has 0 bridgehead atoms. The number of amides is 1. The van der Waals surface area contributed by atoms with E-state index >= 15 is 0 Å². The maximum absolute atomic E-state index is 11.1. The molecule has 0 unspecified atom stereocenters. The zero-order chi connectivity index (χ0) is 8.39. The molecule has 0 saturated heterocycles. The van der Waals surface area contributed by atoms with Crippen molar-refractivity contribution in [3.05, 3.63) is 24.5 Å². The molecule has 1 aromatic rings. The molecule has 1 amide bonds. The highest BCUT2D eigenvalue weighted by Crippen LogP contribution is 2.15. The van der Waals surface area contributed by atoms with Crippen molar-refractivity contribution in [3.63, 3.8) is 0 Å². The molecule has 0 spiro atoms. The van der Waals surface area contributed by atoms with E-state index in [4.69, 9.17) is 0 Å². The first-order valence-electron chi connectivity index (χ1n) is 3.48. The van der Waals surface area contributed by atoms with Gasteiger partial charge in [-0.15, -0.1) is 0 Å². The van der Waals surface area contributed by atoms with Crippen LogP contribution in [-0.4, -0.2) is 17.4 Å². The normalized spacial score (nSPS) is 15.7. The molecular formula is C7H6N4O. The van der Waals surface area contributed by atoms with E-state index in [1.807, 2.05) is 0 Å². The highest BCUT2D eigenvalue weighted by atomic mass is 16.2. The van der Waals surface area contributed by atoms with Crippen molar-refractivity contribution in [1.29, 1.82) is 0 Å². The Morgan fingerprint density at radius 3 is 3.00 bits per heavy atom. The summed E-state index contributed by atoms with van der Waals surface area (Å²) in [5, 5.41) is 8.49. The molecule has 2 heterocycles. The van der Waals surface area contributed by atoms with Gasteiger partial charge in [0.25, 0.3) is 5.91 Å². The Hall–Kier alpha value is -1.78. The van der Waals surface area contributed by atoms with Crippen molar-refractivity contribution in [2.75, 3.05) is 11.6 Å². The van der Waals surface area contributed by atoms with Crippen LogP contribution < -0.4 is 5.01 Å². The average Bonchev–Trinajstić information content (AvgIpc) is 2.53. The highest BCUT2D eigenvalue weighted by molar-refractivity contribution is 5.95. The molecule has 60 valence electrons. The van der Waals surface area contributed by atoms with Crippen LogP contribution >= 0.6 is 0 Å². The Labute approximate surface area is 68.7 Å². The van der Waals surface area contributed by atoms with Crippen LogP contribution in [0.15, 0.2) is 34.9 Å². The summed E-state index contributed by atoms with van der Waals surface area (Å²) in [5.74, 6) is -0.122. The number of aromatic nitrogens is 1. The second-order valence-electron chi connectivity index (χ2n) is 2.31. The van der Waals surface area contributed by atoms with E-state index in [0.29, 0.717) is 5.69 Å². The van der Waals surface area contributed by atoms with E-state index < -0.39 is 0 Å². The van der Waals surface area contributed by atoms with Crippen LogP contribution in [0.25, 0.3) is 0 Å². The smallest absolute Gasteiger partial charge is 0.270 e. The van der Waals surface area contributed by atoms with Gasteiger partial charge < -0.3 is 0 Å². The monoisotopic (exact) mass is 162 g/mol. The van der Waals surface area contributed by atoms with Gasteiger partial charge in [0.15, 0.2) is 0 Å². The first-order valence-corrected chi connectivity index (χ1v) is 3.48. The van der Waals surface area contributed by atoms with Gasteiger partial charge in [-0.3, -0.25) is 9.78 Å². The zero-order valence-electron chi connectivity index (χ0n) is 6.21. The van der Waals surface area contributed by atoms with Crippen LogP contribution in [0.2, 0.25) is 0 Å². The number of nitrogens with zero attached hydrogens (tertiary/aromatic N) is 4. The molecule has 0 fully saturated rings. The van der Waals surface area contributed by atoms with Gasteiger partial charge in [-0.05, 0) is 12.1 Å². The van der Waals surface area contributed by atoms with Crippen LogP contribution in [0.1, 0.15) is 0 Å². The third-order valence-corrected chi connectivity index (χ3v) is 1.49. The van der Waals surface area contributed by atoms with Crippen molar-refractivity contribution < 1.29 is 4.79 Å². The van der Waals surface area contributed by atoms with Gasteiger partial charge in [-0.25, -0.2) is 0 Å². The molecule has 0 radical (unpaired) electrons. The van der Waals surface area contributed by atoms with E-state index in [2.05, 4.69) is 15.3 Å². The third kappa shape index (κ3) is 1.05. The van der Waals surface area contributed by atoms with Crippen LogP contribution in [-0.2, 0) is 4.79 Å². The number of carbonyl (C=O) groups is 1. The Morgan fingerprint density at radius 1 is 1.50 bits per heavy atom. The Morgan fingerprint density at radius 2 is 2.42 bits per heavy atom. The van der Waals surface area contributed by atoms with Gasteiger partial charge in [-0.2, -0.15) is 10.1 Å². The van der Waals surface area contributed by atoms with Crippen molar-refractivity contribution >= 4 is 11.6 Å². The van der Waals surface area contributed by atoms with E-state index in [1.54, 1.807) is 24.5 Å². The number of pyridine rings is 1. The lowest BCUT2D eigenvalue weighted by molar-refractivity contribution is -0.116. The molecule has 0 aromatic carbocycles. The van der Waals surface area contributed by atoms with E-state index in [-0.39, 0.29) is 12.5 Å². The van der Waals surface area contributed by atoms with Gasteiger partial charge >= 0.3 is 0 Å². The quantitative estimate of drug-likeness (QED) is 0.613. The molecular weight excluding hydrogens is 156 g/mol. The lowest BCUT2D eigenvalue weighted by Gasteiger charge is -2.07. The van der Waals surface area contributed by atoms with E-state index in [1.165, 1.54) is 5.01 Å². The molecule has 0 aliphatic carbocycles. The lowest BCUT2D eigenvalue weighted by atomic mass is 10.4. The highest BCUT2D eigenvalue weighted by Gasteiger charge is 2.19. The third-order valence-electron chi connectivity index (χ3n) is 1.49. The summed E-state index contributed by atoms with van der Waals surface area (Å²) >= 11 is 0. The van der Waals surface area contributed by atoms with Gasteiger partial charge in [0.05, 0.1) is 11.9 Å². The van der Waals surface area contributed by atoms with Crippen molar-refractivity contribution in [2.24, 2.45) is 10.3 Å². The Balaban J connectivity index is 2.31. The van der Waals surface area contributed by atoms with Gasteiger partial charge in [0.2, 0.25) is 0 Å². The summed E-state index contributed by atoms with van der Waals surface area (Å²) < 4.78 is 0. The topological polar surface area (TPSA) is 57.9 Å². The SMILES string of the molecule is O=C1CN=NN1c1cccnc1. The number of hydrogen-bond donors (Lipinski definition) is 0. The van der Waals surface area contributed by atoms with Crippen LogP contribution in [0.5, 0.6) is 0 Å². The summed E-state index contributed by atoms with van der Waals surface area (Å²) in [7, 11) is 0. The second kappa shape index (κ2) is 2.69. The molecule has 1 aliphatic heterocycles. The molecule has 5 nitrogen and oxygen atoms in total. The predicted octanol–water partition coefficient (Wildman–Crippen LogP) is 0.795. The first-order chi connectivity index (χ1) is 5.88. The number of carbonyl (C=O) groups excluding carboxylic acids is 1. The van der Waals surface area contributed by atoms with Gasteiger partial charge in [0.1, 0.15) is 6.54 Å². The first kappa shape index (κ1) is 6.90. The summed E-state index contributed by atoms with van der Waals surface area (Å²) in [4.78, 5) is 15.0. The zero-order valence-corrected chi connectivity index (χ0v) is 6.21. The Kier molecular flexibility index (Phi) is 1.55. The summed E-state index contributed by atoms with van der Waals surface area (Å²) in [6.45, 7) is 0.134. The van der Waals surface area contributed by atoms with Crippen LogP contribution in [0.4, 0.5) is 5.69 Å². The number of hydrogen-bond acceptors (Lipinski definition) is 4. The molecule has 0 saturated carbocycles. The molecule has 0 N–H and O–H groups in total. The molecule has 5 heteroatoms. The van der Waals surface area contributed by atoms with Crippen LogP contribution in [0.3, 0.4) is 0 Å². The Bertz CT molecular complexity index is 321. The van der Waals surface area contributed by atoms with Gasteiger partial charge in [-0.1, -0.05) is 5.22 Å². The maximum Gasteiger partial charge on any atom is 0.272 e. The standard InChI is InChI=1S/C7H6N4O/c12-7-5-9-10-11(7)6-2-1-3-8-4-6/h1-4H,5H2. The summed E-state index contributed by atoms with van der Waals surface area (Å²) in [6, 6.07) is 3.51. The minimum absolute atomic E-state index is 0.122. The van der Waals surface area contributed by atoms with Gasteiger partial charge in [0, 0.05) is 6.20 Å². The number of anilines is 1. The van der Waals surface area contributed by atoms with Crippen molar-refractivity contribution in [2.45, 2.75) is 0 Å². The molecule has 0 atom stereocenters. The lowest BCUT2D eigenvalue weighted by Crippen LogP contribution is -2.21. The second-order valence-corrected chi connectivity index (χ2v) is 2.31. The minimum atomic E-state index is -0.122. The maximum atomic E-state index is 11.1. The predicted molar refractivity (Wildman–Crippen MR) is 41.4 cm³/mol. The fraction of sp³-hybridized carbons (Fsp3) is 0.143. The minimum Gasteiger partial charge on any atom is -0.270 e. The average molecular weight is 162 g/mol. The van der Waals surface area contributed by atoms with Crippen molar-refractivity contribution in [1.82, 2.24) is 4.98 Å². The molecule has 1 aliphatic rings. The fourth-order valence-electron chi connectivity index (χ4n) is 0.947. The fourth-order valence-corrected chi connectivity index (χ4v) is 0.947. The van der Waals surface area contributed by atoms with E-state index in [9.17, 15) is 4.79 Å². The van der Waals surface area contributed by atoms with Crippen LogP contribution in [0, 0.1) is 0 Å². The molecule has 2 rings (SSSR count). The van der Waals surface area contributed by atoms with E-state index in [0.717, 1.165) is 0 Å². The molecule has 1 aromatic heterocycles. The number of rotatable bonds is 1. The summed E-state index contributed by atoms with van der Waals surface area (Å²) in [5.41, 5.74) is 0.656. The largest absolute Gasteiger partial charge is 0.272 e.